The smallest absolute Gasteiger partial charge is 0.264 e. The number of nitrogens with zero attached hydrogens (tertiary/aromatic N) is 2. The number of rotatable bonds is 11. The van der Waals surface area contributed by atoms with Crippen LogP contribution in [0.3, 0.4) is 0 Å². The van der Waals surface area contributed by atoms with Gasteiger partial charge < -0.3 is 10.2 Å². The van der Waals surface area contributed by atoms with Crippen molar-refractivity contribution in [1.82, 2.24) is 10.2 Å². The first-order valence-electron chi connectivity index (χ1n) is 13.3. The van der Waals surface area contributed by atoms with E-state index in [1.807, 2.05) is 77.9 Å². The molecule has 0 radical (unpaired) electrons. The van der Waals surface area contributed by atoms with Gasteiger partial charge in [-0.2, -0.15) is 0 Å². The Morgan fingerprint density at radius 1 is 0.821 bits per heavy atom. The van der Waals surface area contributed by atoms with E-state index in [1.54, 1.807) is 30.3 Å². The van der Waals surface area contributed by atoms with E-state index in [1.165, 1.54) is 9.21 Å². The molecule has 0 saturated carbocycles. The molecule has 0 spiro atoms. The van der Waals surface area contributed by atoms with Gasteiger partial charge in [-0.3, -0.25) is 13.9 Å². The molecule has 0 aromatic heterocycles. The Morgan fingerprint density at radius 2 is 1.38 bits per heavy atom. The molecule has 0 aliphatic rings. The van der Waals surface area contributed by atoms with Crippen molar-refractivity contribution < 1.29 is 18.0 Å². The highest BCUT2D eigenvalue weighted by atomic mass is 32.2. The number of hydrogen-bond donors (Lipinski definition) is 1. The van der Waals surface area contributed by atoms with Gasteiger partial charge in [0.1, 0.15) is 12.6 Å². The second-order valence-electron chi connectivity index (χ2n) is 9.94. The normalized spacial score (nSPS) is 12.1. The zero-order valence-electron chi connectivity index (χ0n) is 23.7. The number of sulfonamides is 1. The highest BCUT2D eigenvalue weighted by molar-refractivity contribution is 7.92. The topological polar surface area (TPSA) is 86.8 Å². The lowest BCUT2D eigenvalue weighted by molar-refractivity contribution is -0.140. The number of anilines is 1. The SMILES string of the molecule is CCNC(=O)C(CC)N(Cc1ccc(C)cc1)C(=O)CN(c1ccc(C)cc1C)S(=O)(=O)c1ccc(C)cc1. The number of hydrogen-bond acceptors (Lipinski definition) is 4. The van der Waals surface area contributed by atoms with Crippen LogP contribution in [0.25, 0.3) is 0 Å². The molecular weight excluding hydrogens is 510 g/mol. The monoisotopic (exact) mass is 549 g/mol. The standard InChI is InChI=1S/C31H39N3O4S/c1-7-28(31(36)32-8-2)33(20-26-14-9-22(3)10-15-26)30(35)21-34(29-18-13-24(5)19-25(29)6)39(37,38)27-16-11-23(4)12-17-27/h9-19,28H,7-8,20-21H2,1-6H3,(H,32,36). The lowest BCUT2D eigenvalue weighted by atomic mass is 10.1. The van der Waals surface area contributed by atoms with Crippen molar-refractivity contribution >= 4 is 27.5 Å². The van der Waals surface area contributed by atoms with Crippen LogP contribution in [0.4, 0.5) is 5.69 Å². The summed E-state index contributed by atoms with van der Waals surface area (Å²) in [6.07, 6.45) is 0.387. The molecule has 39 heavy (non-hydrogen) atoms. The molecule has 3 rings (SSSR count). The Kier molecular flexibility index (Phi) is 9.92. The van der Waals surface area contributed by atoms with Crippen LogP contribution in [-0.2, 0) is 26.2 Å². The molecule has 0 bridgehead atoms. The molecule has 1 atom stereocenters. The first-order valence-corrected chi connectivity index (χ1v) is 14.7. The molecule has 2 amide bonds. The third kappa shape index (κ3) is 7.26. The summed E-state index contributed by atoms with van der Waals surface area (Å²) in [6, 6.07) is 19.0. The maximum absolute atomic E-state index is 14.1. The predicted octanol–water partition coefficient (Wildman–Crippen LogP) is 5.06. The minimum absolute atomic E-state index is 0.0988. The van der Waals surface area contributed by atoms with Gasteiger partial charge >= 0.3 is 0 Å². The Labute approximate surface area is 232 Å². The molecule has 7 nitrogen and oxygen atoms in total. The van der Waals surface area contributed by atoms with Crippen LogP contribution < -0.4 is 9.62 Å². The van der Waals surface area contributed by atoms with Gasteiger partial charge in [0.2, 0.25) is 11.8 Å². The van der Waals surface area contributed by atoms with Gasteiger partial charge in [0.15, 0.2) is 0 Å². The first kappa shape index (κ1) is 29.9. The van der Waals surface area contributed by atoms with E-state index in [0.717, 1.165) is 27.8 Å². The van der Waals surface area contributed by atoms with E-state index in [2.05, 4.69) is 5.32 Å². The quantitative estimate of drug-likeness (QED) is 0.362. The third-order valence-electron chi connectivity index (χ3n) is 6.72. The van der Waals surface area contributed by atoms with E-state index >= 15 is 0 Å². The minimum atomic E-state index is -4.09. The van der Waals surface area contributed by atoms with Gasteiger partial charge in [-0.25, -0.2) is 8.42 Å². The second kappa shape index (κ2) is 12.9. The van der Waals surface area contributed by atoms with Gasteiger partial charge in [0, 0.05) is 13.1 Å². The predicted molar refractivity (Wildman–Crippen MR) is 156 cm³/mol. The molecule has 3 aromatic rings. The van der Waals surface area contributed by atoms with Crippen LogP contribution in [0, 0.1) is 27.7 Å². The number of likely N-dealkylation sites (N-methyl/N-ethyl adjacent to an activating group) is 1. The summed E-state index contributed by atoms with van der Waals surface area (Å²) >= 11 is 0. The van der Waals surface area contributed by atoms with Crippen LogP contribution in [-0.4, -0.2) is 44.3 Å². The van der Waals surface area contributed by atoms with Gasteiger partial charge in [0.05, 0.1) is 10.6 Å². The number of carbonyl (C=O) groups excluding carboxylic acids is 2. The lowest BCUT2D eigenvalue weighted by Gasteiger charge is -2.33. The molecule has 0 aliphatic carbocycles. The lowest BCUT2D eigenvalue weighted by Crippen LogP contribution is -2.52. The Balaban J connectivity index is 2.09. The Hall–Kier alpha value is -3.65. The van der Waals surface area contributed by atoms with E-state index in [4.69, 9.17) is 0 Å². The van der Waals surface area contributed by atoms with Crippen molar-refractivity contribution in [2.75, 3.05) is 17.4 Å². The molecular formula is C31H39N3O4S. The summed E-state index contributed by atoms with van der Waals surface area (Å²) in [6.45, 7) is 11.5. The highest BCUT2D eigenvalue weighted by Gasteiger charge is 2.34. The summed E-state index contributed by atoms with van der Waals surface area (Å²) in [5, 5.41) is 2.82. The van der Waals surface area contributed by atoms with Gasteiger partial charge in [-0.1, -0.05) is 72.1 Å². The molecule has 1 N–H and O–H groups in total. The van der Waals surface area contributed by atoms with Gasteiger partial charge in [-0.15, -0.1) is 0 Å². The largest absolute Gasteiger partial charge is 0.355 e. The van der Waals surface area contributed by atoms with Crippen LogP contribution in [0.1, 0.15) is 48.1 Å². The van der Waals surface area contributed by atoms with Gasteiger partial charge in [0.25, 0.3) is 10.0 Å². The fourth-order valence-corrected chi connectivity index (χ4v) is 6.02. The molecule has 0 aliphatic heterocycles. The summed E-state index contributed by atoms with van der Waals surface area (Å²) < 4.78 is 29.1. The second-order valence-corrected chi connectivity index (χ2v) is 11.8. The molecule has 3 aromatic carbocycles. The van der Waals surface area contributed by atoms with Gasteiger partial charge in [-0.05, 0) is 70.4 Å². The molecule has 208 valence electrons. The summed E-state index contributed by atoms with van der Waals surface area (Å²) in [4.78, 5) is 28.7. The van der Waals surface area contributed by atoms with Crippen LogP contribution in [0.15, 0.2) is 71.6 Å². The van der Waals surface area contributed by atoms with Crippen molar-refractivity contribution in [3.63, 3.8) is 0 Å². The maximum Gasteiger partial charge on any atom is 0.264 e. The molecule has 0 heterocycles. The van der Waals surface area contributed by atoms with E-state index in [9.17, 15) is 18.0 Å². The average molecular weight is 550 g/mol. The van der Waals surface area contributed by atoms with E-state index in [0.29, 0.717) is 18.7 Å². The van der Waals surface area contributed by atoms with Crippen molar-refractivity contribution in [2.45, 2.75) is 65.4 Å². The zero-order chi connectivity index (χ0) is 28.7. The number of aryl methyl sites for hydroxylation is 4. The minimum Gasteiger partial charge on any atom is -0.355 e. The van der Waals surface area contributed by atoms with E-state index < -0.39 is 28.5 Å². The number of amides is 2. The number of nitrogens with one attached hydrogen (secondary N) is 1. The number of benzene rings is 3. The van der Waals surface area contributed by atoms with Crippen LogP contribution in [0.2, 0.25) is 0 Å². The highest BCUT2D eigenvalue weighted by Crippen LogP contribution is 2.28. The molecule has 8 heteroatoms. The summed E-state index contributed by atoms with van der Waals surface area (Å²) in [5.74, 6) is -0.718. The van der Waals surface area contributed by atoms with E-state index in [-0.39, 0.29) is 17.3 Å². The molecule has 0 saturated heterocycles. The fraction of sp³-hybridized carbons (Fsp3) is 0.355. The summed E-state index contributed by atoms with van der Waals surface area (Å²) in [7, 11) is -4.09. The van der Waals surface area contributed by atoms with Crippen molar-refractivity contribution in [2.24, 2.45) is 0 Å². The van der Waals surface area contributed by atoms with Crippen molar-refractivity contribution in [3.8, 4) is 0 Å². The van der Waals surface area contributed by atoms with Crippen molar-refractivity contribution in [3.05, 3.63) is 94.5 Å². The summed E-state index contributed by atoms with van der Waals surface area (Å²) in [5.41, 5.74) is 5.02. The Morgan fingerprint density at radius 3 is 1.92 bits per heavy atom. The fourth-order valence-electron chi connectivity index (χ4n) is 4.54. The maximum atomic E-state index is 14.1. The average Bonchev–Trinajstić information content (AvgIpc) is 2.89. The zero-order valence-corrected chi connectivity index (χ0v) is 24.5. The van der Waals surface area contributed by atoms with Crippen LogP contribution in [0.5, 0.6) is 0 Å². The number of carbonyl (C=O) groups is 2. The third-order valence-corrected chi connectivity index (χ3v) is 8.49. The Bertz CT molecular complexity index is 1400. The molecule has 0 fully saturated rings. The van der Waals surface area contributed by atoms with Crippen molar-refractivity contribution in [1.29, 1.82) is 0 Å². The van der Waals surface area contributed by atoms with Crippen LogP contribution >= 0.6 is 0 Å². The molecule has 1 unspecified atom stereocenters. The first-order chi connectivity index (χ1) is 18.5.